The Morgan fingerprint density at radius 2 is 1.97 bits per heavy atom. The largest absolute Gasteiger partial charge is 0.495 e. The zero-order valence-electron chi connectivity index (χ0n) is 17.4. The van der Waals surface area contributed by atoms with Gasteiger partial charge in [-0.25, -0.2) is 0 Å². The Morgan fingerprint density at radius 3 is 2.68 bits per heavy atom. The number of pyridine rings is 1. The summed E-state index contributed by atoms with van der Waals surface area (Å²) in [6.45, 7) is 0. The van der Waals surface area contributed by atoms with Crippen LogP contribution in [-0.4, -0.2) is 21.8 Å². The Balaban J connectivity index is 1.62. The van der Waals surface area contributed by atoms with Crippen LogP contribution in [0, 0.1) is 0 Å². The maximum absolute atomic E-state index is 6.48. The van der Waals surface area contributed by atoms with E-state index >= 15 is 0 Å². The molecule has 1 saturated heterocycles. The van der Waals surface area contributed by atoms with Crippen molar-refractivity contribution in [3.05, 3.63) is 77.3 Å². The van der Waals surface area contributed by atoms with E-state index in [-0.39, 0.29) is 12.1 Å². The summed E-state index contributed by atoms with van der Waals surface area (Å²) in [5.41, 5.74) is 3.14. The Labute approximate surface area is 193 Å². The molecule has 3 aromatic rings. The molecule has 0 bridgehead atoms. The van der Waals surface area contributed by atoms with Gasteiger partial charge in [0.15, 0.2) is 5.11 Å². The van der Waals surface area contributed by atoms with Crippen molar-refractivity contribution in [2.45, 2.75) is 43.8 Å². The third-order valence-electron chi connectivity index (χ3n) is 6.34. The molecule has 2 aromatic heterocycles. The minimum atomic E-state index is -0.0652. The van der Waals surface area contributed by atoms with Gasteiger partial charge in [0.2, 0.25) is 0 Å². The van der Waals surface area contributed by atoms with Crippen molar-refractivity contribution in [1.82, 2.24) is 14.9 Å². The highest BCUT2D eigenvalue weighted by Gasteiger charge is 2.42. The van der Waals surface area contributed by atoms with Gasteiger partial charge >= 0.3 is 0 Å². The number of rotatable bonds is 5. The summed E-state index contributed by atoms with van der Waals surface area (Å²) >= 11 is 12.3. The van der Waals surface area contributed by atoms with E-state index in [2.05, 4.69) is 44.2 Å². The number of hydrogen-bond donors (Lipinski definition) is 1. The summed E-state index contributed by atoms with van der Waals surface area (Å²) in [7, 11) is 1.62. The molecule has 1 aliphatic carbocycles. The van der Waals surface area contributed by atoms with Gasteiger partial charge in [-0.1, -0.05) is 30.5 Å². The van der Waals surface area contributed by atoms with E-state index < -0.39 is 0 Å². The van der Waals surface area contributed by atoms with Crippen molar-refractivity contribution in [3.63, 3.8) is 0 Å². The average molecular weight is 453 g/mol. The SMILES string of the molecule is COc1ccc(N2C(=S)N[C@@H](c3ccccn3)[C@H]2c2cccn2C2CCCC2)cc1Cl. The lowest BCUT2D eigenvalue weighted by Gasteiger charge is -2.30. The van der Waals surface area contributed by atoms with Crippen molar-refractivity contribution < 1.29 is 4.74 Å². The van der Waals surface area contributed by atoms with Gasteiger partial charge in [-0.3, -0.25) is 4.98 Å². The van der Waals surface area contributed by atoms with Gasteiger partial charge in [0.05, 0.1) is 23.9 Å². The maximum Gasteiger partial charge on any atom is 0.174 e. The fourth-order valence-electron chi connectivity index (χ4n) is 4.91. The standard InChI is InChI=1S/C24H25ClN4OS/c1-30-21-12-11-17(15-18(21)25)29-23(20-10-6-14-28(20)16-7-2-3-8-16)22(27-24(29)31)19-9-4-5-13-26-19/h4-6,9-16,22-23H,2-3,7-8H2,1H3,(H,27,31)/t22-,23+/m0/s1. The van der Waals surface area contributed by atoms with Gasteiger partial charge in [0.25, 0.3) is 0 Å². The average Bonchev–Trinajstić information content (AvgIpc) is 3.53. The Morgan fingerprint density at radius 1 is 1.13 bits per heavy atom. The number of halogens is 1. The molecule has 5 rings (SSSR count). The fourth-order valence-corrected chi connectivity index (χ4v) is 5.51. The number of ether oxygens (including phenoxy) is 1. The first-order valence-corrected chi connectivity index (χ1v) is 11.5. The number of methoxy groups -OCH3 is 1. The molecular weight excluding hydrogens is 428 g/mol. The highest BCUT2D eigenvalue weighted by Crippen LogP contribution is 2.44. The maximum atomic E-state index is 6.48. The minimum absolute atomic E-state index is 0.0394. The summed E-state index contributed by atoms with van der Waals surface area (Å²) in [5.74, 6) is 0.649. The number of anilines is 1. The Kier molecular flexibility index (Phi) is 5.59. The summed E-state index contributed by atoms with van der Waals surface area (Å²) in [6, 6.07) is 16.6. The second-order valence-corrected chi connectivity index (χ2v) is 8.89. The van der Waals surface area contributed by atoms with Crippen LogP contribution in [0.4, 0.5) is 5.69 Å². The molecule has 0 spiro atoms. The third kappa shape index (κ3) is 3.68. The molecule has 2 aliphatic rings. The van der Waals surface area contributed by atoms with Crippen LogP contribution in [0.15, 0.2) is 60.9 Å². The predicted octanol–water partition coefficient (Wildman–Crippen LogP) is 5.84. The molecule has 0 unspecified atom stereocenters. The second-order valence-electron chi connectivity index (χ2n) is 8.09. The highest BCUT2D eigenvalue weighted by molar-refractivity contribution is 7.80. The quantitative estimate of drug-likeness (QED) is 0.493. The molecule has 3 heterocycles. The molecule has 0 amide bonds. The first-order valence-electron chi connectivity index (χ1n) is 10.7. The minimum Gasteiger partial charge on any atom is -0.495 e. The number of thiocarbonyl (C=S) groups is 1. The summed E-state index contributed by atoms with van der Waals surface area (Å²) in [6.07, 6.45) is 9.04. The number of nitrogens with zero attached hydrogens (tertiary/aromatic N) is 3. The molecular formula is C24H25ClN4OS. The van der Waals surface area contributed by atoms with Gasteiger partial charge in [-0.05, 0) is 67.5 Å². The van der Waals surface area contributed by atoms with Crippen molar-refractivity contribution in [2.24, 2.45) is 0 Å². The predicted molar refractivity (Wildman–Crippen MR) is 128 cm³/mol. The molecule has 160 valence electrons. The topological polar surface area (TPSA) is 42.3 Å². The molecule has 2 fully saturated rings. The van der Waals surface area contributed by atoms with Gasteiger partial charge in [0, 0.05) is 29.8 Å². The molecule has 5 nitrogen and oxygen atoms in total. The van der Waals surface area contributed by atoms with Crippen LogP contribution in [-0.2, 0) is 0 Å². The van der Waals surface area contributed by atoms with Gasteiger partial charge in [-0.2, -0.15) is 0 Å². The van der Waals surface area contributed by atoms with Crippen LogP contribution >= 0.6 is 23.8 Å². The molecule has 1 saturated carbocycles. The van der Waals surface area contributed by atoms with Crippen molar-refractivity contribution >= 4 is 34.6 Å². The van der Waals surface area contributed by atoms with Crippen LogP contribution in [0.1, 0.15) is 55.2 Å². The molecule has 7 heteroatoms. The highest BCUT2D eigenvalue weighted by atomic mass is 35.5. The van der Waals surface area contributed by atoms with Crippen LogP contribution < -0.4 is 15.0 Å². The first kappa shape index (κ1) is 20.3. The molecule has 31 heavy (non-hydrogen) atoms. The van der Waals surface area contributed by atoms with Crippen LogP contribution in [0.25, 0.3) is 0 Å². The molecule has 1 aliphatic heterocycles. The lowest BCUT2D eigenvalue weighted by atomic mass is 10.00. The lowest BCUT2D eigenvalue weighted by Crippen LogP contribution is -2.30. The molecule has 1 N–H and O–H groups in total. The molecule has 2 atom stereocenters. The zero-order valence-corrected chi connectivity index (χ0v) is 18.9. The van der Waals surface area contributed by atoms with Crippen LogP contribution in [0.3, 0.4) is 0 Å². The van der Waals surface area contributed by atoms with Gasteiger partial charge in [-0.15, -0.1) is 0 Å². The fraction of sp³-hybridized carbons (Fsp3) is 0.333. The van der Waals surface area contributed by atoms with Crippen LogP contribution in [0.2, 0.25) is 5.02 Å². The second kappa shape index (κ2) is 8.52. The molecule has 1 aromatic carbocycles. The lowest BCUT2D eigenvalue weighted by molar-refractivity contribution is 0.415. The van der Waals surface area contributed by atoms with E-state index in [1.54, 1.807) is 7.11 Å². The third-order valence-corrected chi connectivity index (χ3v) is 6.95. The van der Waals surface area contributed by atoms with E-state index in [0.29, 0.717) is 21.9 Å². The summed E-state index contributed by atoms with van der Waals surface area (Å²) < 4.78 is 7.80. The van der Waals surface area contributed by atoms with E-state index in [1.807, 2.05) is 36.5 Å². The number of hydrogen-bond acceptors (Lipinski definition) is 3. The van der Waals surface area contributed by atoms with Crippen molar-refractivity contribution in [2.75, 3.05) is 12.0 Å². The van der Waals surface area contributed by atoms with Gasteiger partial charge < -0.3 is 19.5 Å². The number of nitrogens with one attached hydrogen (secondary N) is 1. The van der Waals surface area contributed by atoms with Crippen LogP contribution in [0.5, 0.6) is 5.75 Å². The van der Waals surface area contributed by atoms with Crippen molar-refractivity contribution in [1.29, 1.82) is 0 Å². The van der Waals surface area contributed by atoms with E-state index in [4.69, 9.17) is 28.6 Å². The van der Waals surface area contributed by atoms with Gasteiger partial charge in [0.1, 0.15) is 11.8 Å². The monoisotopic (exact) mass is 452 g/mol. The van der Waals surface area contributed by atoms with Crippen molar-refractivity contribution in [3.8, 4) is 5.75 Å². The molecule has 0 radical (unpaired) electrons. The van der Waals surface area contributed by atoms with E-state index in [0.717, 1.165) is 11.4 Å². The number of benzene rings is 1. The smallest absolute Gasteiger partial charge is 0.174 e. The Hall–Kier alpha value is -2.57. The summed E-state index contributed by atoms with van der Waals surface area (Å²) in [4.78, 5) is 6.82. The van der Waals surface area contributed by atoms with E-state index in [9.17, 15) is 0 Å². The normalized spacial score (nSPS) is 21.5. The number of aromatic nitrogens is 2. The Bertz CT molecular complexity index is 1080. The summed E-state index contributed by atoms with van der Waals surface area (Å²) in [5, 5.41) is 4.76. The zero-order chi connectivity index (χ0) is 21.4. The first-order chi connectivity index (χ1) is 15.2. The van der Waals surface area contributed by atoms with E-state index in [1.165, 1.54) is 31.4 Å².